The summed E-state index contributed by atoms with van der Waals surface area (Å²) in [6.07, 6.45) is 5.65. The third-order valence-corrected chi connectivity index (χ3v) is 5.76. The molecule has 1 atom stereocenters. The van der Waals surface area contributed by atoms with Crippen LogP contribution in [0, 0.1) is 20.8 Å². The van der Waals surface area contributed by atoms with Crippen LogP contribution in [0.1, 0.15) is 37.9 Å². The van der Waals surface area contributed by atoms with E-state index in [4.69, 9.17) is 4.74 Å². The van der Waals surface area contributed by atoms with Crippen LogP contribution in [0.2, 0.25) is 0 Å². The van der Waals surface area contributed by atoms with Crippen molar-refractivity contribution in [2.24, 2.45) is 0 Å². The maximum absolute atomic E-state index is 11.7. The van der Waals surface area contributed by atoms with Gasteiger partial charge in [0, 0.05) is 23.8 Å². The normalized spacial score (nSPS) is 12.0. The Morgan fingerprint density at radius 3 is 2.37 bits per heavy atom. The van der Waals surface area contributed by atoms with Gasteiger partial charge in [0.1, 0.15) is 0 Å². The lowest BCUT2D eigenvalue weighted by Gasteiger charge is -2.22. The molecule has 0 N–H and O–H groups in total. The van der Waals surface area contributed by atoms with Gasteiger partial charge in [0.05, 0.1) is 24.3 Å². The van der Waals surface area contributed by atoms with Crippen LogP contribution in [-0.4, -0.2) is 22.6 Å². The molecule has 3 rings (SSSR count). The number of benzene rings is 2. The van der Waals surface area contributed by atoms with E-state index in [1.165, 1.54) is 29.4 Å². The number of carbonyl (C=O) groups is 1. The number of hydrogen-bond acceptors (Lipinski definition) is 4. The number of ether oxygens (including phenoxy) is 1. The van der Waals surface area contributed by atoms with E-state index >= 15 is 0 Å². The Balaban J connectivity index is 1.92. The first-order valence-electron chi connectivity index (χ1n) is 8.86. The zero-order valence-electron chi connectivity index (χ0n) is 16.1. The SMILES string of the molecule is COC(=O)c1ccc(SC(Cn2ccnc2)c2c(C)cc(C)cc2C)cc1. The molecule has 1 heterocycles. The zero-order chi connectivity index (χ0) is 19.4. The van der Waals surface area contributed by atoms with E-state index in [1.807, 2.05) is 43.0 Å². The lowest BCUT2D eigenvalue weighted by molar-refractivity contribution is 0.0600. The molecule has 0 aliphatic carbocycles. The van der Waals surface area contributed by atoms with Crippen LogP contribution < -0.4 is 0 Å². The van der Waals surface area contributed by atoms with Gasteiger partial charge in [0.2, 0.25) is 0 Å². The molecular weight excluding hydrogens is 356 g/mol. The highest BCUT2D eigenvalue weighted by atomic mass is 32.2. The highest BCUT2D eigenvalue weighted by Gasteiger charge is 2.19. The number of carbonyl (C=O) groups excluding carboxylic acids is 1. The summed E-state index contributed by atoms with van der Waals surface area (Å²) >= 11 is 1.80. The van der Waals surface area contributed by atoms with Crippen LogP contribution in [0.4, 0.5) is 0 Å². The summed E-state index contributed by atoms with van der Waals surface area (Å²) < 4.78 is 6.89. The van der Waals surface area contributed by atoms with Crippen molar-refractivity contribution in [1.29, 1.82) is 0 Å². The first-order valence-corrected chi connectivity index (χ1v) is 9.74. The van der Waals surface area contributed by atoms with E-state index in [0.717, 1.165) is 11.4 Å². The fourth-order valence-corrected chi connectivity index (χ4v) is 4.78. The Morgan fingerprint density at radius 1 is 1.15 bits per heavy atom. The fraction of sp³-hybridized carbons (Fsp3) is 0.273. The Labute approximate surface area is 164 Å². The molecule has 2 aromatic carbocycles. The lowest BCUT2D eigenvalue weighted by Crippen LogP contribution is -2.09. The Hall–Kier alpha value is -2.53. The van der Waals surface area contributed by atoms with Crippen molar-refractivity contribution in [2.45, 2.75) is 37.5 Å². The zero-order valence-corrected chi connectivity index (χ0v) is 16.9. The molecule has 140 valence electrons. The summed E-state index contributed by atoms with van der Waals surface area (Å²) in [5.74, 6) is -0.313. The third-order valence-electron chi connectivity index (χ3n) is 4.55. The lowest BCUT2D eigenvalue weighted by atomic mass is 9.97. The molecule has 0 aliphatic heterocycles. The molecular formula is C22H24N2O2S. The van der Waals surface area contributed by atoms with Gasteiger partial charge in [-0.1, -0.05) is 17.7 Å². The number of nitrogens with zero attached hydrogens (tertiary/aromatic N) is 2. The first kappa shape index (κ1) is 19.2. The maximum Gasteiger partial charge on any atom is 0.337 e. The molecule has 0 amide bonds. The van der Waals surface area contributed by atoms with Crippen molar-refractivity contribution in [3.05, 3.63) is 82.9 Å². The minimum absolute atomic E-state index is 0.240. The van der Waals surface area contributed by atoms with E-state index in [1.54, 1.807) is 11.8 Å². The van der Waals surface area contributed by atoms with Gasteiger partial charge in [-0.3, -0.25) is 0 Å². The van der Waals surface area contributed by atoms with Crippen molar-refractivity contribution in [2.75, 3.05) is 7.11 Å². The second kappa shape index (κ2) is 8.44. The molecule has 27 heavy (non-hydrogen) atoms. The Kier molecular flexibility index (Phi) is 6.01. The van der Waals surface area contributed by atoms with Crippen LogP contribution in [0.25, 0.3) is 0 Å². The third kappa shape index (κ3) is 4.61. The number of aryl methyl sites for hydroxylation is 3. The molecule has 5 heteroatoms. The Bertz CT molecular complexity index is 895. The van der Waals surface area contributed by atoms with Gasteiger partial charge in [0.25, 0.3) is 0 Å². The summed E-state index contributed by atoms with van der Waals surface area (Å²) in [5, 5.41) is 0.240. The smallest absolute Gasteiger partial charge is 0.337 e. The molecule has 1 unspecified atom stereocenters. The monoisotopic (exact) mass is 380 g/mol. The Morgan fingerprint density at radius 2 is 1.81 bits per heavy atom. The van der Waals surface area contributed by atoms with Gasteiger partial charge in [-0.15, -0.1) is 11.8 Å². The number of hydrogen-bond donors (Lipinski definition) is 0. The van der Waals surface area contributed by atoms with Crippen LogP contribution >= 0.6 is 11.8 Å². The summed E-state index contributed by atoms with van der Waals surface area (Å²) in [4.78, 5) is 17.0. The summed E-state index contributed by atoms with van der Waals surface area (Å²) in [6.45, 7) is 7.32. The van der Waals surface area contributed by atoms with Crippen LogP contribution in [-0.2, 0) is 11.3 Å². The second-order valence-corrected chi connectivity index (χ2v) is 7.97. The number of aromatic nitrogens is 2. The molecule has 0 saturated carbocycles. The minimum Gasteiger partial charge on any atom is -0.465 e. The minimum atomic E-state index is -0.313. The van der Waals surface area contributed by atoms with Crippen LogP contribution in [0.3, 0.4) is 0 Å². The molecule has 4 nitrogen and oxygen atoms in total. The van der Waals surface area contributed by atoms with E-state index in [-0.39, 0.29) is 11.2 Å². The van der Waals surface area contributed by atoms with Gasteiger partial charge in [-0.25, -0.2) is 9.78 Å². The standard InChI is InChI=1S/C22H24N2O2S/c1-15-11-16(2)21(17(3)12-15)20(13-24-10-9-23-14-24)27-19-7-5-18(6-8-19)22(25)26-4/h5-12,14,20H,13H2,1-4H3. The highest BCUT2D eigenvalue weighted by Crippen LogP contribution is 2.40. The molecule has 0 fully saturated rings. The molecule has 3 aromatic rings. The maximum atomic E-state index is 11.7. The predicted molar refractivity (Wildman–Crippen MR) is 109 cm³/mol. The van der Waals surface area contributed by atoms with Crippen LogP contribution in [0.5, 0.6) is 0 Å². The number of rotatable bonds is 6. The second-order valence-electron chi connectivity index (χ2n) is 6.69. The van der Waals surface area contributed by atoms with Crippen molar-refractivity contribution >= 4 is 17.7 Å². The summed E-state index contributed by atoms with van der Waals surface area (Å²) in [6, 6.07) is 12.1. The summed E-state index contributed by atoms with van der Waals surface area (Å²) in [7, 11) is 1.40. The molecule has 0 bridgehead atoms. The number of esters is 1. The molecule has 1 aromatic heterocycles. The average molecular weight is 381 g/mol. The number of thioether (sulfide) groups is 1. The van der Waals surface area contributed by atoms with Gasteiger partial charge in [-0.2, -0.15) is 0 Å². The summed E-state index contributed by atoms with van der Waals surface area (Å²) in [5.41, 5.74) is 5.81. The molecule has 0 radical (unpaired) electrons. The average Bonchev–Trinajstić information content (AvgIpc) is 3.14. The fourth-order valence-electron chi connectivity index (χ4n) is 3.42. The first-order chi connectivity index (χ1) is 13.0. The van der Waals surface area contributed by atoms with Gasteiger partial charge in [-0.05, 0) is 61.7 Å². The van der Waals surface area contributed by atoms with E-state index < -0.39 is 0 Å². The van der Waals surface area contributed by atoms with Gasteiger partial charge < -0.3 is 9.30 Å². The van der Waals surface area contributed by atoms with Gasteiger partial charge >= 0.3 is 5.97 Å². The van der Waals surface area contributed by atoms with Crippen molar-refractivity contribution in [3.63, 3.8) is 0 Å². The van der Waals surface area contributed by atoms with E-state index in [9.17, 15) is 4.79 Å². The quantitative estimate of drug-likeness (QED) is 0.439. The highest BCUT2D eigenvalue weighted by molar-refractivity contribution is 7.99. The van der Waals surface area contributed by atoms with E-state index in [2.05, 4.69) is 42.5 Å². The number of imidazole rings is 1. The van der Waals surface area contributed by atoms with E-state index in [0.29, 0.717) is 5.56 Å². The van der Waals surface area contributed by atoms with Crippen molar-refractivity contribution in [1.82, 2.24) is 9.55 Å². The molecule has 0 spiro atoms. The van der Waals surface area contributed by atoms with Gasteiger partial charge in [0.15, 0.2) is 0 Å². The van der Waals surface area contributed by atoms with Crippen molar-refractivity contribution < 1.29 is 9.53 Å². The van der Waals surface area contributed by atoms with Crippen molar-refractivity contribution in [3.8, 4) is 0 Å². The topological polar surface area (TPSA) is 44.1 Å². The number of methoxy groups -OCH3 is 1. The predicted octanol–water partition coefficient (Wildman–Crippen LogP) is 5.13. The molecule has 0 saturated heterocycles. The van der Waals surface area contributed by atoms with Crippen LogP contribution in [0.15, 0.2) is 60.0 Å². The molecule has 0 aliphatic rings. The largest absolute Gasteiger partial charge is 0.465 e.